The smallest absolute Gasteiger partial charge is 0.169 e. The molecule has 1 aromatic carbocycles. The van der Waals surface area contributed by atoms with Gasteiger partial charge < -0.3 is 9.10 Å². The summed E-state index contributed by atoms with van der Waals surface area (Å²) in [6, 6.07) is 17.2. The number of aryl methyl sites for hydroxylation is 1. The predicted molar refractivity (Wildman–Crippen MR) is 119 cm³/mol. The Morgan fingerprint density at radius 1 is 1.00 bits per heavy atom. The highest BCUT2D eigenvalue weighted by atomic mass is 32.1. The van der Waals surface area contributed by atoms with Gasteiger partial charge in [-0.05, 0) is 36.4 Å². The lowest BCUT2D eigenvalue weighted by atomic mass is 9.79. The van der Waals surface area contributed by atoms with Gasteiger partial charge in [0.1, 0.15) is 24.9 Å². The van der Waals surface area contributed by atoms with Crippen molar-refractivity contribution >= 4 is 22.8 Å². The van der Waals surface area contributed by atoms with Crippen molar-refractivity contribution in [1.82, 2.24) is 0 Å². The number of benzene rings is 1. The highest BCUT2D eigenvalue weighted by Crippen LogP contribution is 2.31. The van der Waals surface area contributed by atoms with E-state index in [1.807, 2.05) is 6.07 Å². The van der Waals surface area contributed by atoms with Crippen molar-refractivity contribution in [3.8, 4) is 18.2 Å². The monoisotopic (exact) mass is 431 g/mol. The first-order chi connectivity index (χ1) is 15.1. The highest BCUT2D eigenvalue weighted by Gasteiger charge is 2.32. The van der Waals surface area contributed by atoms with Gasteiger partial charge in [0.15, 0.2) is 25.2 Å². The first-order valence-electron chi connectivity index (χ1n) is 10.1. The molecule has 1 aliphatic heterocycles. The SMILES string of the molecule is N#CC(=C=N)c1ccc(C(C#N)(C#N)CCc2ccc(CC[O+]3CCOCC3)s2)cc1. The van der Waals surface area contributed by atoms with Gasteiger partial charge in [-0.1, -0.05) is 24.3 Å². The third-order valence-corrected chi connectivity index (χ3v) is 6.62. The molecule has 0 aliphatic carbocycles. The largest absolute Gasteiger partial charge is 0.418 e. The highest BCUT2D eigenvalue weighted by molar-refractivity contribution is 7.12. The number of allylic oxidation sites excluding steroid dienone is 1. The maximum absolute atomic E-state index is 9.83. The fraction of sp³-hybridized carbons (Fsp3) is 0.375. The quantitative estimate of drug-likeness (QED) is 0.388. The molecule has 1 N–H and O–H groups in total. The van der Waals surface area contributed by atoms with Gasteiger partial charge in [0.25, 0.3) is 0 Å². The van der Waals surface area contributed by atoms with Crippen molar-refractivity contribution in [2.75, 3.05) is 33.0 Å². The minimum atomic E-state index is -1.26. The number of ether oxygens (including phenoxy) is 1. The van der Waals surface area contributed by atoms with Gasteiger partial charge >= 0.3 is 0 Å². The van der Waals surface area contributed by atoms with Crippen molar-refractivity contribution in [3.63, 3.8) is 0 Å². The summed E-state index contributed by atoms with van der Waals surface area (Å²) >= 11 is 1.73. The fourth-order valence-electron chi connectivity index (χ4n) is 3.50. The number of nitriles is 3. The summed E-state index contributed by atoms with van der Waals surface area (Å²) < 4.78 is 8.61. The Labute approximate surface area is 186 Å². The summed E-state index contributed by atoms with van der Waals surface area (Å²) in [5.74, 6) is 2.10. The summed E-state index contributed by atoms with van der Waals surface area (Å²) in [4.78, 5) is 2.45. The number of hydrogen-bond donors (Lipinski definition) is 1. The van der Waals surface area contributed by atoms with Crippen LogP contribution in [0.1, 0.15) is 27.3 Å². The van der Waals surface area contributed by atoms with E-state index in [0.29, 0.717) is 24.0 Å². The van der Waals surface area contributed by atoms with E-state index < -0.39 is 5.41 Å². The molecule has 1 fully saturated rings. The van der Waals surface area contributed by atoms with Crippen molar-refractivity contribution in [2.24, 2.45) is 0 Å². The number of hydrogen-bond acceptors (Lipinski definition) is 6. The molecule has 0 atom stereocenters. The summed E-state index contributed by atoms with van der Waals surface area (Å²) in [7, 11) is 0. The molecule has 0 radical (unpaired) electrons. The Hall–Kier alpha value is -3.24. The lowest BCUT2D eigenvalue weighted by Crippen LogP contribution is -2.30. The van der Waals surface area contributed by atoms with Gasteiger partial charge in [-0.25, -0.2) is 0 Å². The minimum Gasteiger partial charge on any atom is -0.418 e. The van der Waals surface area contributed by atoms with Crippen LogP contribution in [-0.2, 0) is 27.4 Å². The molecule has 2 heterocycles. The van der Waals surface area contributed by atoms with Crippen LogP contribution in [-0.4, -0.2) is 38.9 Å². The Balaban J connectivity index is 1.65. The fourth-order valence-corrected chi connectivity index (χ4v) is 4.50. The molecule has 0 unspecified atom stereocenters. The van der Waals surface area contributed by atoms with Gasteiger partial charge in [-0.2, -0.15) is 15.8 Å². The first-order valence-corrected chi connectivity index (χ1v) is 10.9. The van der Waals surface area contributed by atoms with Crippen LogP contribution in [0.5, 0.6) is 0 Å². The van der Waals surface area contributed by atoms with E-state index in [-0.39, 0.29) is 5.57 Å². The van der Waals surface area contributed by atoms with Gasteiger partial charge in [-0.15, -0.1) is 11.3 Å². The van der Waals surface area contributed by atoms with Crippen LogP contribution in [0.2, 0.25) is 0 Å². The van der Waals surface area contributed by atoms with E-state index in [4.69, 9.17) is 15.4 Å². The van der Waals surface area contributed by atoms with Crippen molar-refractivity contribution in [1.29, 1.82) is 21.2 Å². The van der Waals surface area contributed by atoms with Gasteiger partial charge in [-0.3, -0.25) is 5.41 Å². The third-order valence-electron chi connectivity index (χ3n) is 5.42. The van der Waals surface area contributed by atoms with Crippen molar-refractivity contribution in [3.05, 3.63) is 57.3 Å². The van der Waals surface area contributed by atoms with E-state index >= 15 is 0 Å². The molecule has 156 valence electrons. The number of thiophene rings is 1. The molecule has 0 bridgehead atoms. The normalized spacial score (nSPS) is 14.1. The maximum atomic E-state index is 9.83. The molecule has 6 nitrogen and oxygen atoms in total. The second-order valence-electron chi connectivity index (χ2n) is 7.27. The topological polar surface area (TPSA) is 107 Å². The van der Waals surface area contributed by atoms with Crippen molar-refractivity contribution in [2.45, 2.75) is 24.7 Å². The molecule has 31 heavy (non-hydrogen) atoms. The van der Waals surface area contributed by atoms with Crippen LogP contribution in [0.3, 0.4) is 0 Å². The average molecular weight is 432 g/mol. The Kier molecular flexibility index (Phi) is 7.74. The third kappa shape index (κ3) is 5.47. The standard InChI is InChI=1S/C24H23N4O2S/c25-15-20(16-26)19-1-3-21(4-2-19)24(17-27,18-28)9-7-22-5-6-23(31-22)8-12-30-13-10-29-11-14-30/h1-6,25H,7-14H2/q+1. The number of nitrogens with one attached hydrogen (secondary N) is 1. The molecule has 1 aromatic heterocycles. The summed E-state index contributed by atoms with van der Waals surface area (Å²) in [6.45, 7) is 4.26. The minimum absolute atomic E-state index is 0.118. The molecule has 1 aliphatic rings. The van der Waals surface area contributed by atoms with E-state index in [2.05, 4.69) is 34.5 Å². The van der Waals surface area contributed by atoms with E-state index in [1.165, 1.54) is 4.88 Å². The maximum Gasteiger partial charge on any atom is 0.169 e. The van der Waals surface area contributed by atoms with Crippen LogP contribution in [0.4, 0.5) is 0 Å². The molecular weight excluding hydrogens is 408 g/mol. The molecular formula is C24H23N4O2S+. The zero-order valence-electron chi connectivity index (χ0n) is 17.2. The predicted octanol–water partition coefficient (Wildman–Crippen LogP) is 3.95. The van der Waals surface area contributed by atoms with Crippen LogP contribution in [0.15, 0.2) is 36.4 Å². The number of nitrogens with zero attached hydrogens (tertiary/aromatic N) is 3. The van der Waals surface area contributed by atoms with Crippen LogP contribution in [0.25, 0.3) is 5.57 Å². The van der Waals surface area contributed by atoms with E-state index in [0.717, 1.165) is 44.3 Å². The van der Waals surface area contributed by atoms with Crippen LogP contribution < -0.4 is 0 Å². The molecule has 7 heteroatoms. The van der Waals surface area contributed by atoms with Crippen molar-refractivity contribution < 1.29 is 9.10 Å². The molecule has 3 rings (SSSR count). The molecule has 0 amide bonds. The average Bonchev–Trinajstić information content (AvgIpc) is 3.29. The summed E-state index contributed by atoms with van der Waals surface area (Å²) in [6.07, 6.45) is 1.99. The Morgan fingerprint density at radius 2 is 1.65 bits per heavy atom. The molecule has 0 saturated carbocycles. The zero-order valence-corrected chi connectivity index (χ0v) is 18.0. The summed E-state index contributed by atoms with van der Waals surface area (Å²) in [5.41, 5.74) is 0.0107. The second-order valence-corrected chi connectivity index (χ2v) is 8.53. The number of rotatable bonds is 8. The lowest BCUT2D eigenvalue weighted by molar-refractivity contribution is -0.201. The zero-order chi connectivity index (χ0) is 22.1. The molecule has 2 aromatic rings. The molecule has 0 spiro atoms. The van der Waals surface area contributed by atoms with Gasteiger partial charge in [0, 0.05) is 15.3 Å². The van der Waals surface area contributed by atoms with Crippen LogP contribution in [0, 0.1) is 39.4 Å². The van der Waals surface area contributed by atoms with Gasteiger partial charge in [0.2, 0.25) is 0 Å². The Morgan fingerprint density at radius 3 is 2.23 bits per heavy atom. The molecule has 1 saturated heterocycles. The van der Waals surface area contributed by atoms with E-state index in [1.54, 1.807) is 35.6 Å². The lowest BCUT2D eigenvalue weighted by Gasteiger charge is -2.23. The first kappa shape index (κ1) is 22.4. The Bertz CT molecular complexity index is 1060. The van der Waals surface area contributed by atoms with E-state index in [9.17, 15) is 10.5 Å². The van der Waals surface area contributed by atoms with Crippen LogP contribution >= 0.6 is 11.3 Å². The van der Waals surface area contributed by atoms with Gasteiger partial charge in [0.05, 0.1) is 18.6 Å². The second kappa shape index (κ2) is 10.7. The summed E-state index contributed by atoms with van der Waals surface area (Å²) in [5, 5.41) is 35.9.